The molecule has 0 spiro atoms. The quantitative estimate of drug-likeness (QED) is 0.929. The van der Waals surface area contributed by atoms with Gasteiger partial charge in [0.1, 0.15) is 5.75 Å². The molecule has 1 amide bonds. The van der Waals surface area contributed by atoms with Gasteiger partial charge in [0.25, 0.3) is 0 Å². The maximum atomic E-state index is 12.4. The SMILES string of the molecule is COc1ccc(C2CCN(C(=O)C3CCCN3)CC2)cc1.Cl. The Labute approximate surface area is 138 Å². The molecule has 0 aromatic heterocycles. The number of nitrogens with one attached hydrogen (secondary N) is 1. The summed E-state index contributed by atoms with van der Waals surface area (Å²) in [5.74, 6) is 1.77. The zero-order chi connectivity index (χ0) is 14.7. The first-order chi connectivity index (χ1) is 10.3. The number of piperidine rings is 1. The Bertz CT molecular complexity index is 478. The summed E-state index contributed by atoms with van der Waals surface area (Å²) in [6.45, 7) is 2.75. The molecule has 5 heteroatoms. The van der Waals surface area contributed by atoms with Gasteiger partial charge in [-0.25, -0.2) is 0 Å². The van der Waals surface area contributed by atoms with E-state index in [1.807, 2.05) is 17.0 Å². The van der Waals surface area contributed by atoms with Crippen molar-refractivity contribution in [2.45, 2.75) is 37.6 Å². The lowest BCUT2D eigenvalue weighted by molar-refractivity contribution is -0.134. The molecule has 1 aromatic rings. The van der Waals surface area contributed by atoms with Gasteiger partial charge in [0, 0.05) is 13.1 Å². The predicted molar refractivity (Wildman–Crippen MR) is 89.8 cm³/mol. The number of benzene rings is 1. The van der Waals surface area contributed by atoms with Gasteiger partial charge in [-0.1, -0.05) is 12.1 Å². The van der Waals surface area contributed by atoms with Crippen molar-refractivity contribution in [1.82, 2.24) is 10.2 Å². The lowest BCUT2D eigenvalue weighted by atomic mass is 9.89. The Balaban J connectivity index is 0.00000176. The summed E-state index contributed by atoms with van der Waals surface area (Å²) in [6.07, 6.45) is 4.24. The number of nitrogens with zero attached hydrogens (tertiary/aromatic N) is 1. The minimum Gasteiger partial charge on any atom is -0.497 e. The van der Waals surface area contributed by atoms with E-state index in [4.69, 9.17) is 4.74 Å². The topological polar surface area (TPSA) is 41.6 Å². The number of halogens is 1. The molecular formula is C17H25ClN2O2. The Kier molecular flexibility index (Phi) is 6.09. The summed E-state index contributed by atoms with van der Waals surface area (Å²) in [5.41, 5.74) is 1.36. The van der Waals surface area contributed by atoms with Crippen molar-refractivity contribution in [3.8, 4) is 5.75 Å². The monoisotopic (exact) mass is 324 g/mol. The minimum absolute atomic E-state index is 0. The van der Waals surface area contributed by atoms with Gasteiger partial charge in [-0.15, -0.1) is 12.4 Å². The van der Waals surface area contributed by atoms with Crippen molar-refractivity contribution in [2.75, 3.05) is 26.7 Å². The normalized spacial score (nSPS) is 22.2. The Hall–Kier alpha value is -1.26. The molecule has 1 atom stereocenters. The fourth-order valence-electron chi connectivity index (χ4n) is 3.42. The summed E-state index contributed by atoms with van der Waals surface area (Å²) >= 11 is 0. The fraction of sp³-hybridized carbons (Fsp3) is 0.588. The second-order valence-corrected chi connectivity index (χ2v) is 6.02. The largest absolute Gasteiger partial charge is 0.497 e. The zero-order valence-electron chi connectivity index (χ0n) is 13.1. The highest BCUT2D eigenvalue weighted by molar-refractivity contribution is 5.85. The van der Waals surface area contributed by atoms with Gasteiger partial charge in [-0.3, -0.25) is 4.79 Å². The highest BCUT2D eigenvalue weighted by Crippen LogP contribution is 2.29. The van der Waals surface area contributed by atoms with Crippen LogP contribution in [0.25, 0.3) is 0 Å². The van der Waals surface area contributed by atoms with Gasteiger partial charge in [-0.2, -0.15) is 0 Å². The first-order valence-corrected chi connectivity index (χ1v) is 7.94. The van der Waals surface area contributed by atoms with Crippen molar-refractivity contribution in [3.63, 3.8) is 0 Å². The molecule has 0 aliphatic carbocycles. The van der Waals surface area contributed by atoms with Crippen molar-refractivity contribution in [2.24, 2.45) is 0 Å². The molecule has 122 valence electrons. The Morgan fingerprint density at radius 1 is 1.18 bits per heavy atom. The third-order valence-electron chi connectivity index (χ3n) is 4.75. The molecule has 2 saturated heterocycles. The number of likely N-dealkylation sites (tertiary alicyclic amines) is 1. The number of carbonyl (C=O) groups is 1. The van der Waals surface area contributed by atoms with Gasteiger partial charge in [-0.05, 0) is 55.8 Å². The Morgan fingerprint density at radius 2 is 1.86 bits per heavy atom. The van der Waals surface area contributed by atoms with Crippen LogP contribution in [0, 0.1) is 0 Å². The third-order valence-corrected chi connectivity index (χ3v) is 4.75. The van der Waals surface area contributed by atoms with Crippen LogP contribution in [-0.4, -0.2) is 43.6 Å². The molecule has 2 fully saturated rings. The molecule has 4 nitrogen and oxygen atoms in total. The number of carbonyl (C=O) groups excluding carboxylic acids is 1. The molecule has 1 aromatic carbocycles. The first kappa shape index (κ1) is 17.1. The highest BCUT2D eigenvalue weighted by atomic mass is 35.5. The van der Waals surface area contributed by atoms with Gasteiger partial charge < -0.3 is 15.0 Å². The molecule has 0 radical (unpaired) electrons. The van der Waals surface area contributed by atoms with Gasteiger partial charge in [0.05, 0.1) is 13.2 Å². The van der Waals surface area contributed by atoms with Crippen LogP contribution in [0.1, 0.15) is 37.2 Å². The summed E-state index contributed by atoms with van der Waals surface area (Å²) in [4.78, 5) is 14.4. The second-order valence-electron chi connectivity index (χ2n) is 6.02. The van der Waals surface area contributed by atoms with Gasteiger partial charge >= 0.3 is 0 Å². The maximum Gasteiger partial charge on any atom is 0.239 e. The van der Waals surface area contributed by atoms with E-state index >= 15 is 0 Å². The van der Waals surface area contributed by atoms with E-state index in [2.05, 4.69) is 17.4 Å². The summed E-state index contributed by atoms with van der Waals surface area (Å²) < 4.78 is 5.20. The molecule has 3 rings (SSSR count). The van der Waals surface area contributed by atoms with Crippen molar-refractivity contribution in [1.29, 1.82) is 0 Å². The van der Waals surface area contributed by atoms with Crippen LogP contribution < -0.4 is 10.1 Å². The van der Waals surface area contributed by atoms with Gasteiger partial charge in [0.2, 0.25) is 5.91 Å². The van der Waals surface area contributed by atoms with Gasteiger partial charge in [0.15, 0.2) is 0 Å². The second kappa shape index (κ2) is 7.84. The average molecular weight is 325 g/mol. The van der Waals surface area contributed by atoms with Crippen molar-refractivity contribution in [3.05, 3.63) is 29.8 Å². The predicted octanol–water partition coefficient (Wildman–Crippen LogP) is 2.58. The molecule has 0 saturated carbocycles. The van der Waals surface area contributed by atoms with Crippen LogP contribution in [0.5, 0.6) is 5.75 Å². The van der Waals surface area contributed by atoms with Crippen LogP contribution in [0.15, 0.2) is 24.3 Å². The van der Waals surface area contributed by atoms with E-state index in [9.17, 15) is 4.79 Å². The smallest absolute Gasteiger partial charge is 0.239 e. The highest BCUT2D eigenvalue weighted by Gasteiger charge is 2.30. The van der Waals surface area contributed by atoms with Crippen LogP contribution in [0.2, 0.25) is 0 Å². The van der Waals surface area contributed by atoms with Crippen LogP contribution in [0.3, 0.4) is 0 Å². The van der Waals surface area contributed by atoms with Crippen molar-refractivity contribution >= 4 is 18.3 Å². The molecule has 2 aliphatic heterocycles. The van der Waals surface area contributed by atoms with Crippen LogP contribution in [-0.2, 0) is 4.79 Å². The number of rotatable bonds is 3. The molecule has 2 heterocycles. The Morgan fingerprint density at radius 3 is 2.41 bits per heavy atom. The lowest BCUT2D eigenvalue weighted by Gasteiger charge is -2.33. The lowest BCUT2D eigenvalue weighted by Crippen LogP contribution is -2.46. The average Bonchev–Trinajstić information content (AvgIpc) is 3.09. The number of amides is 1. The molecule has 1 N–H and O–H groups in total. The van der Waals surface area contributed by atoms with E-state index in [1.54, 1.807) is 7.11 Å². The minimum atomic E-state index is 0. The number of hydrogen-bond acceptors (Lipinski definition) is 3. The van der Waals surface area contributed by atoms with E-state index in [-0.39, 0.29) is 18.4 Å². The van der Waals surface area contributed by atoms with Crippen molar-refractivity contribution < 1.29 is 9.53 Å². The summed E-state index contributed by atoms with van der Waals surface area (Å²) in [6, 6.07) is 8.42. The molecule has 1 unspecified atom stereocenters. The van der Waals surface area contributed by atoms with E-state index in [1.165, 1.54) is 5.56 Å². The van der Waals surface area contributed by atoms with E-state index in [0.717, 1.165) is 51.1 Å². The molecular weight excluding hydrogens is 300 g/mol. The summed E-state index contributed by atoms with van der Waals surface area (Å²) in [5, 5.41) is 3.30. The standard InChI is InChI=1S/C17H24N2O2.ClH/c1-21-15-6-4-13(5-7-15)14-8-11-19(12-9-14)17(20)16-3-2-10-18-16;/h4-7,14,16,18H,2-3,8-12H2,1H3;1H. The number of ether oxygens (including phenoxy) is 1. The third kappa shape index (κ3) is 3.73. The molecule has 0 bridgehead atoms. The number of methoxy groups -OCH3 is 1. The van der Waals surface area contributed by atoms with E-state index < -0.39 is 0 Å². The molecule has 2 aliphatic rings. The van der Waals surface area contributed by atoms with Crippen LogP contribution >= 0.6 is 12.4 Å². The first-order valence-electron chi connectivity index (χ1n) is 7.94. The summed E-state index contributed by atoms with van der Waals surface area (Å²) in [7, 11) is 1.69. The zero-order valence-corrected chi connectivity index (χ0v) is 13.9. The maximum absolute atomic E-state index is 12.4. The fourth-order valence-corrected chi connectivity index (χ4v) is 3.42. The molecule has 22 heavy (non-hydrogen) atoms. The van der Waals surface area contributed by atoms with E-state index in [0.29, 0.717) is 11.8 Å². The number of hydrogen-bond donors (Lipinski definition) is 1. The van der Waals surface area contributed by atoms with Crippen LogP contribution in [0.4, 0.5) is 0 Å².